The second-order valence-corrected chi connectivity index (χ2v) is 5.63. The van der Waals surface area contributed by atoms with Crippen LogP contribution in [0.4, 0.5) is 5.69 Å². The lowest BCUT2D eigenvalue weighted by Crippen LogP contribution is -2.10. The average molecular weight is 291 g/mol. The molecule has 5 heteroatoms. The van der Waals surface area contributed by atoms with Crippen LogP contribution in [-0.4, -0.2) is 23.7 Å². The Hall–Kier alpha value is -2.01. The summed E-state index contributed by atoms with van der Waals surface area (Å²) in [6, 6.07) is 14.5. The van der Waals surface area contributed by atoms with Crippen molar-refractivity contribution in [3.63, 3.8) is 0 Å². The topological polar surface area (TPSA) is 61.5 Å². The molecule has 0 heterocycles. The van der Waals surface area contributed by atoms with Crippen LogP contribution in [0.15, 0.2) is 53.4 Å². The van der Waals surface area contributed by atoms with Gasteiger partial charge < -0.3 is 15.2 Å². The Balaban J connectivity index is 1.93. The van der Waals surface area contributed by atoms with Crippen LogP contribution in [0.3, 0.4) is 0 Å². The van der Waals surface area contributed by atoms with Crippen molar-refractivity contribution >= 4 is 16.5 Å². The maximum absolute atomic E-state index is 12.1. The lowest BCUT2D eigenvalue weighted by atomic mass is 10.3. The summed E-state index contributed by atoms with van der Waals surface area (Å²) < 4.78 is 22.9. The fourth-order valence-electron chi connectivity index (χ4n) is 1.76. The first-order chi connectivity index (χ1) is 9.72. The number of nitrogen functional groups attached to an aromatic ring is 1. The standard InChI is InChI=1S/C15H17NO3S/c1-18-13-7-3-4-8-14(13)19-10-11-20(17)15-9-5-2-6-12(15)16/h2-9H,10-11,16H2,1H3. The zero-order chi connectivity index (χ0) is 14.4. The normalized spacial score (nSPS) is 11.8. The fourth-order valence-corrected chi connectivity index (χ4v) is 2.78. The second-order valence-electron chi connectivity index (χ2n) is 4.09. The molecule has 106 valence electrons. The number of methoxy groups -OCH3 is 1. The highest BCUT2D eigenvalue weighted by atomic mass is 32.2. The SMILES string of the molecule is COc1ccccc1OCCS(=O)c1ccccc1N. The molecule has 0 aromatic heterocycles. The van der Waals surface area contributed by atoms with Gasteiger partial charge in [-0.3, -0.25) is 4.21 Å². The smallest absolute Gasteiger partial charge is 0.161 e. The number of rotatable bonds is 6. The number of hydrogen-bond acceptors (Lipinski definition) is 4. The fraction of sp³-hybridized carbons (Fsp3) is 0.200. The molecule has 20 heavy (non-hydrogen) atoms. The third-order valence-electron chi connectivity index (χ3n) is 2.76. The van der Waals surface area contributed by atoms with Crippen molar-refractivity contribution in [1.29, 1.82) is 0 Å². The van der Waals surface area contributed by atoms with Gasteiger partial charge in [0, 0.05) is 5.69 Å². The van der Waals surface area contributed by atoms with Crippen molar-refractivity contribution in [3.8, 4) is 11.5 Å². The first-order valence-electron chi connectivity index (χ1n) is 6.21. The van der Waals surface area contributed by atoms with E-state index in [1.807, 2.05) is 36.4 Å². The lowest BCUT2D eigenvalue weighted by Gasteiger charge is -2.10. The predicted molar refractivity (Wildman–Crippen MR) is 80.6 cm³/mol. The van der Waals surface area contributed by atoms with Gasteiger partial charge in [-0.1, -0.05) is 24.3 Å². The molecule has 1 unspecified atom stereocenters. The van der Waals surface area contributed by atoms with E-state index >= 15 is 0 Å². The van der Waals surface area contributed by atoms with Crippen molar-refractivity contribution in [2.45, 2.75) is 4.90 Å². The van der Waals surface area contributed by atoms with Crippen LogP contribution in [0.25, 0.3) is 0 Å². The summed E-state index contributed by atoms with van der Waals surface area (Å²) in [6.45, 7) is 0.335. The molecule has 0 radical (unpaired) electrons. The summed E-state index contributed by atoms with van der Waals surface area (Å²) in [4.78, 5) is 0.649. The number of para-hydroxylation sites is 3. The summed E-state index contributed by atoms with van der Waals surface area (Å²) >= 11 is 0. The van der Waals surface area contributed by atoms with Gasteiger partial charge in [0.05, 0.1) is 28.6 Å². The Morgan fingerprint density at radius 3 is 2.40 bits per heavy atom. The van der Waals surface area contributed by atoms with E-state index in [0.29, 0.717) is 34.4 Å². The summed E-state index contributed by atoms with van der Waals surface area (Å²) in [5.41, 5.74) is 6.34. The van der Waals surface area contributed by atoms with Gasteiger partial charge in [-0.05, 0) is 24.3 Å². The molecule has 0 amide bonds. The molecular weight excluding hydrogens is 274 g/mol. The third-order valence-corrected chi connectivity index (χ3v) is 4.16. The molecule has 0 saturated carbocycles. The van der Waals surface area contributed by atoms with Gasteiger partial charge in [-0.25, -0.2) is 0 Å². The summed E-state index contributed by atoms with van der Waals surface area (Å²) in [7, 11) is 0.420. The van der Waals surface area contributed by atoms with Gasteiger partial charge in [0.1, 0.15) is 6.61 Å². The maximum Gasteiger partial charge on any atom is 0.161 e. The van der Waals surface area contributed by atoms with Gasteiger partial charge in [-0.2, -0.15) is 0 Å². The number of anilines is 1. The second kappa shape index (κ2) is 6.96. The highest BCUT2D eigenvalue weighted by Crippen LogP contribution is 2.25. The molecule has 2 aromatic carbocycles. The van der Waals surface area contributed by atoms with Crippen molar-refractivity contribution in [2.24, 2.45) is 0 Å². The molecule has 0 spiro atoms. The minimum atomic E-state index is -1.17. The van der Waals surface area contributed by atoms with E-state index < -0.39 is 10.8 Å². The summed E-state index contributed by atoms with van der Waals surface area (Å²) in [5, 5.41) is 0. The van der Waals surface area contributed by atoms with Gasteiger partial charge in [0.2, 0.25) is 0 Å². The summed E-state index contributed by atoms with van der Waals surface area (Å²) in [6.07, 6.45) is 0. The lowest BCUT2D eigenvalue weighted by molar-refractivity contribution is 0.313. The van der Waals surface area contributed by atoms with Gasteiger partial charge in [0.15, 0.2) is 11.5 Å². The predicted octanol–water partition coefficient (Wildman–Crippen LogP) is 2.46. The molecule has 0 aliphatic rings. The molecule has 2 N–H and O–H groups in total. The van der Waals surface area contributed by atoms with E-state index in [4.69, 9.17) is 15.2 Å². The molecule has 2 aromatic rings. The molecule has 4 nitrogen and oxygen atoms in total. The Kier molecular flexibility index (Phi) is 5.01. The molecule has 0 aliphatic carbocycles. The molecule has 0 fully saturated rings. The maximum atomic E-state index is 12.1. The van der Waals surface area contributed by atoms with E-state index in [0.717, 1.165) is 0 Å². The van der Waals surface area contributed by atoms with Crippen molar-refractivity contribution in [3.05, 3.63) is 48.5 Å². The zero-order valence-corrected chi connectivity index (χ0v) is 12.1. The zero-order valence-electron chi connectivity index (χ0n) is 11.2. The quantitative estimate of drug-likeness (QED) is 0.831. The molecule has 0 saturated heterocycles. The van der Waals surface area contributed by atoms with Crippen molar-refractivity contribution in [2.75, 3.05) is 25.2 Å². The van der Waals surface area contributed by atoms with Crippen LogP contribution < -0.4 is 15.2 Å². The van der Waals surface area contributed by atoms with E-state index in [-0.39, 0.29) is 0 Å². The minimum absolute atomic E-state index is 0.335. The van der Waals surface area contributed by atoms with E-state index in [1.165, 1.54) is 0 Å². The number of hydrogen-bond donors (Lipinski definition) is 1. The average Bonchev–Trinajstić information content (AvgIpc) is 2.48. The van der Waals surface area contributed by atoms with Gasteiger partial charge in [-0.15, -0.1) is 0 Å². The Bertz CT molecular complexity index is 601. The molecule has 1 atom stereocenters. The van der Waals surface area contributed by atoms with E-state index in [1.54, 1.807) is 19.2 Å². The highest BCUT2D eigenvalue weighted by molar-refractivity contribution is 7.85. The Labute approximate surface area is 121 Å². The van der Waals surface area contributed by atoms with Crippen LogP contribution in [0, 0.1) is 0 Å². The summed E-state index contributed by atoms with van der Waals surface area (Å²) in [5.74, 6) is 1.69. The molecule has 0 bridgehead atoms. The van der Waals surface area contributed by atoms with Crippen LogP contribution in [0.1, 0.15) is 0 Å². The number of benzene rings is 2. The van der Waals surface area contributed by atoms with Crippen LogP contribution in [-0.2, 0) is 10.8 Å². The van der Waals surface area contributed by atoms with Crippen LogP contribution in [0.2, 0.25) is 0 Å². The van der Waals surface area contributed by atoms with E-state index in [2.05, 4.69) is 0 Å². The van der Waals surface area contributed by atoms with Crippen molar-refractivity contribution in [1.82, 2.24) is 0 Å². The van der Waals surface area contributed by atoms with Crippen molar-refractivity contribution < 1.29 is 13.7 Å². The minimum Gasteiger partial charge on any atom is -0.493 e. The number of nitrogens with two attached hydrogens (primary N) is 1. The number of ether oxygens (including phenoxy) is 2. The van der Waals surface area contributed by atoms with Gasteiger partial charge >= 0.3 is 0 Å². The molecule has 0 aliphatic heterocycles. The largest absolute Gasteiger partial charge is 0.493 e. The third kappa shape index (κ3) is 3.51. The van der Waals surface area contributed by atoms with Crippen LogP contribution >= 0.6 is 0 Å². The Morgan fingerprint density at radius 1 is 1.05 bits per heavy atom. The first kappa shape index (κ1) is 14.4. The highest BCUT2D eigenvalue weighted by Gasteiger charge is 2.08. The first-order valence-corrected chi connectivity index (χ1v) is 7.53. The molecular formula is C15H17NO3S. The van der Waals surface area contributed by atoms with Gasteiger partial charge in [0.25, 0.3) is 0 Å². The molecule has 2 rings (SSSR count). The van der Waals surface area contributed by atoms with E-state index in [9.17, 15) is 4.21 Å². The monoisotopic (exact) mass is 291 g/mol. The van der Waals surface area contributed by atoms with Crippen LogP contribution in [0.5, 0.6) is 11.5 Å². The Morgan fingerprint density at radius 2 is 1.70 bits per heavy atom.